The maximum absolute atomic E-state index is 7.72. The summed E-state index contributed by atoms with van der Waals surface area (Å²) >= 11 is 1.67. The second-order valence-electron chi connectivity index (χ2n) is 0.247. The van der Waals surface area contributed by atoms with Crippen molar-refractivity contribution in [2.45, 2.75) is 0 Å². The van der Waals surface area contributed by atoms with Gasteiger partial charge in [0.2, 0.25) is 0 Å². The molecule has 0 radical (unpaired) electrons. The van der Waals surface area contributed by atoms with Gasteiger partial charge in [0, 0.05) is 0 Å². The van der Waals surface area contributed by atoms with Crippen molar-refractivity contribution in [2.24, 2.45) is 0 Å². The van der Waals surface area contributed by atoms with Gasteiger partial charge in [-0.25, -0.2) is 42.0 Å². The second-order valence-corrected chi connectivity index (χ2v) is 6.68. The van der Waals surface area contributed by atoms with Crippen LogP contribution in [0, 0.1) is 0 Å². The molecule has 38 valence electrons. The maximum atomic E-state index is 7.72. The van der Waals surface area contributed by atoms with E-state index in [2.05, 4.69) is 11.9 Å². The van der Waals surface area contributed by atoms with E-state index >= 15 is 0 Å². The molecule has 0 N–H and O–H groups in total. The van der Waals surface area contributed by atoms with Crippen molar-refractivity contribution in [3.63, 3.8) is 0 Å². The first-order valence-corrected chi connectivity index (χ1v) is 6.35. The first-order valence-electron chi connectivity index (χ1n) is 0.809. The van der Waals surface area contributed by atoms with Crippen LogP contribution in [0.25, 0.3) is 0 Å². The normalized spacial score (nSPS) is 4.71. The van der Waals surface area contributed by atoms with Gasteiger partial charge in [-0.15, -0.1) is 0 Å². The molecule has 0 aromatic rings. The second kappa shape index (κ2) is 15.9. The average molecular weight is 208 g/mol. The third-order valence-corrected chi connectivity index (χ3v) is 0. The standard InChI is InChI=1S/Al.ClO.3ClH.Na/c;1-2;;;;/h;;3*1H;/q+3;-1;;;;+1/p-3. The van der Waals surface area contributed by atoms with Crippen LogP contribution < -0.4 is 34.2 Å². The molecule has 0 aliphatic carbocycles. The summed E-state index contributed by atoms with van der Waals surface area (Å²) in [5, 5.41) is 0. The smallest absolute Gasteiger partial charge is 0.769 e. The average Bonchev–Trinajstić information content (AvgIpc) is 1.41. The Labute approximate surface area is 86.3 Å². The van der Waals surface area contributed by atoms with Crippen molar-refractivity contribution in [1.29, 1.82) is 0 Å². The Morgan fingerprint density at radius 2 is 1.00 bits per heavy atom. The van der Waals surface area contributed by atoms with E-state index < -0.39 is 11.4 Å². The topological polar surface area (TPSA) is 23.1 Å². The number of hydrogen-bond acceptors (Lipinski definition) is 1. The molecule has 0 rings (SSSR count). The molecule has 0 spiro atoms. The quantitative estimate of drug-likeness (QED) is 0.430. The molecule has 0 heterocycles. The minimum Gasteiger partial charge on any atom is -0.769 e. The first kappa shape index (κ1) is 16.3. The van der Waals surface area contributed by atoms with Gasteiger partial charge in [-0.3, -0.25) is 0 Å². The molecule has 1 nitrogen and oxygen atoms in total. The van der Waals surface area contributed by atoms with Gasteiger partial charge >= 0.3 is 40.9 Å². The molecule has 0 fully saturated rings. The number of rotatable bonds is 0. The predicted octanol–water partition coefficient (Wildman–Crippen LogP) is -1.81. The van der Waals surface area contributed by atoms with Gasteiger partial charge in [0.25, 0.3) is 0 Å². The molecule has 0 atom stereocenters. The summed E-state index contributed by atoms with van der Waals surface area (Å²) in [4.78, 5) is 0. The number of halogens is 4. The van der Waals surface area contributed by atoms with Crippen LogP contribution in [0.5, 0.6) is 0 Å². The molecule has 0 aromatic heterocycles. The molecule has 0 saturated heterocycles. The van der Waals surface area contributed by atoms with E-state index in [1.54, 1.807) is 0 Å². The molecule has 7 heavy (non-hydrogen) atoms. The predicted molar refractivity (Wildman–Crippen MR) is 29.2 cm³/mol. The van der Waals surface area contributed by atoms with E-state index in [-0.39, 0.29) is 29.6 Å². The summed E-state index contributed by atoms with van der Waals surface area (Å²) in [5.74, 6) is 0. The zero-order valence-electron chi connectivity index (χ0n) is 3.50. The summed E-state index contributed by atoms with van der Waals surface area (Å²) in [7, 11) is 14.8. The zero-order chi connectivity index (χ0) is 5.58. The SMILES string of the molecule is [Cl][Al]([Cl])[Cl].[Na+].[O-]Cl. The number of hydrogen-bond donors (Lipinski definition) is 0. The van der Waals surface area contributed by atoms with Crippen LogP contribution >= 0.6 is 42.0 Å². The van der Waals surface area contributed by atoms with E-state index in [0.29, 0.717) is 0 Å². The third kappa shape index (κ3) is 54.4. The van der Waals surface area contributed by atoms with Gasteiger partial charge in [0.15, 0.2) is 0 Å². The van der Waals surface area contributed by atoms with Crippen LogP contribution in [0.15, 0.2) is 0 Å². The molecule has 0 unspecified atom stereocenters. The fraction of sp³-hybridized carbons (Fsp3) is 0. The fourth-order valence-corrected chi connectivity index (χ4v) is 0. The Morgan fingerprint density at radius 1 is 1.00 bits per heavy atom. The van der Waals surface area contributed by atoms with Gasteiger partial charge in [0.05, 0.1) is 0 Å². The van der Waals surface area contributed by atoms with Crippen molar-refractivity contribution in [2.75, 3.05) is 0 Å². The van der Waals surface area contributed by atoms with Crippen LogP contribution in [0.1, 0.15) is 0 Å². The Balaban J connectivity index is -0.0000000480. The molecular formula is AlCl4NaO. The summed E-state index contributed by atoms with van der Waals surface area (Å²) in [6.45, 7) is 0. The van der Waals surface area contributed by atoms with E-state index in [1.165, 1.54) is 0 Å². The Hall–Kier alpha value is 2.65. The van der Waals surface area contributed by atoms with E-state index in [0.717, 1.165) is 0 Å². The van der Waals surface area contributed by atoms with Crippen LogP contribution in [-0.2, 0) is 0 Å². The van der Waals surface area contributed by atoms with Crippen LogP contribution in [-0.4, -0.2) is 11.4 Å². The van der Waals surface area contributed by atoms with Gasteiger partial charge in [-0.05, 0) is 0 Å². The van der Waals surface area contributed by atoms with Crippen LogP contribution in [0.3, 0.4) is 0 Å². The largest absolute Gasteiger partial charge is 1.00 e. The summed E-state index contributed by atoms with van der Waals surface area (Å²) in [5.41, 5.74) is 0. The summed E-state index contributed by atoms with van der Waals surface area (Å²) in [6, 6.07) is 0. The molecule has 0 aliphatic heterocycles. The van der Waals surface area contributed by atoms with Crippen molar-refractivity contribution in [1.82, 2.24) is 0 Å². The van der Waals surface area contributed by atoms with E-state index in [9.17, 15) is 0 Å². The van der Waals surface area contributed by atoms with Gasteiger partial charge in [-0.1, -0.05) is 0 Å². The molecule has 0 amide bonds. The van der Waals surface area contributed by atoms with Crippen molar-refractivity contribution in [3.05, 3.63) is 0 Å². The molecule has 0 saturated carbocycles. The Kier molecular flexibility index (Phi) is 37.0. The molecule has 7 heteroatoms. The van der Waals surface area contributed by atoms with Gasteiger partial charge < -0.3 is 4.66 Å². The van der Waals surface area contributed by atoms with Crippen molar-refractivity contribution < 1.29 is 34.2 Å². The van der Waals surface area contributed by atoms with Gasteiger partial charge in [0.1, 0.15) is 0 Å². The first-order chi connectivity index (χ1) is 2.73. The van der Waals surface area contributed by atoms with E-state index in [4.69, 9.17) is 34.8 Å². The van der Waals surface area contributed by atoms with Crippen LogP contribution in [0.4, 0.5) is 0 Å². The molecule has 0 aliphatic rings. The van der Waals surface area contributed by atoms with Crippen molar-refractivity contribution in [3.8, 4) is 0 Å². The zero-order valence-corrected chi connectivity index (χ0v) is 9.68. The fourth-order valence-electron chi connectivity index (χ4n) is 0. The van der Waals surface area contributed by atoms with Gasteiger partial charge in [-0.2, -0.15) is 0 Å². The molecular weight excluding hydrogens is 208 g/mol. The van der Waals surface area contributed by atoms with Crippen molar-refractivity contribution >= 4 is 53.4 Å². The summed E-state index contributed by atoms with van der Waals surface area (Å²) in [6.07, 6.45) is 0. The van der Waals surface area contributed by atoms with Crippen LogP contribution in [0.2, 0.25) is 0 Å². The minimum atomic E-state index is -1.72. The Bertz CT molecular complexity index is 16.4. The van der Waals surface area contributed by atoms with E-state index in [1.807, 2.05) is 0 Å². The summed E-state index contributed by atoms with van der Waals surface area (Å²) < 4.78 is 7.72. The maximum Gasteiger partial charge on any atom is 1.00 e. The third-order valence-electron chi connectivity index (χ3n) is 0. The monoisotopic (exact) mass is 206 g/mol. The Morgan fingerprint density at radius 3 is 1.00 bits per heavy atom. The molecule has 0 bridgehead atoms. The molecule has 0 aromatic carbocycles. The minimum absolute atomic E-state index is 0.